The highest BCUT2D eigenvalue weighted by molar-refractivity contribution is 7.80. The molecule has 1 unspecified atom stereocenters. The molecular formula is C23H18ClN5S. The summed E-state index contributed by atoms with van der Waals surface area (Å²) in [6.07, 6.45) is 1.69. The van der Waals surface area contributed by atoms with Gasteiger partial charge in [0.05, 0.1) is 23.9 Å². The highest BCUT2D eigenvalue weighted by Crippen LogP contribution is 2.34. The smallest absolute Gasteiger partial charge is 0.179 e. The topological polar surface area (TPSA) is 56.3 Å². The minimum absolute atomic E-state index is 0.171. The normalized spacial score (nSPS) is 17.6. The Kier molecular flexibility index (Phi) is 4.94. The molecule has 2 N–H and O–H groups in total. The van der Waals surface area contributed by atoms with Gasteiger partial charge in [0, 0.05) is 10.7 Å². The number of imidazole rings is 1. The minimum atomic E-state index is -0.171. The molecule has 1 fully saturated rings. The maximum absolute atomic E-state index is 6.13. The Labute approximate surface area is 184 Å². The van der Waals surface area contributed by atoms with Crippen LogP contribution in [0.15, 0.2) is 84.1 Å². The number of aromatic amines is 1. The van der Waals surface area contributed by atoms with Crippen LogP contribution in [0.4, 0.5) is 5.69 Å². The van der Waals surface area contributed by atoms with Gasteiger partial charge in [-0.3, -0.25) is 4.99 Å². The van der Waals surface area contributed by atoms with Gasteiger partial charge in [0.2, 0.25) is 0 Å². The Hall–Kier alpha value is -3.22. The van der Waals surface area contributed by atoms with Crippen LogP contribution in [0.25, 0.3) is 11.0 Å². The molecule has 0 radical (unpaired) electrons. The number of rotatable bonds is 4. The highest BCUT2D eigenvalue weighted by atomic mass is 35.5. The van der Waals surface area contributed by atoms with E-state index in [0.717, 1.165) is 33.7 Å². The van der Waals surface area contributed by atoms with Gasteiger partial charge in [-0.15, -0.1) is 0 Å². The monoisotopic (exact) mass is 431 g/mol. The van der Waals surface area contributed by atoms with Crippen LogP contribution in [-0.4, -0.2) is 20.9 Å². The Morgan fingerprint density at radius 1 is 1.03 bits per heavy atom. The number of nitrogens with one attached hydrogen (secondary N) is 2. The molecule has 1 aliphatic heterocycles. The molecule has 3 aromatic carbocycles. The van der Waals surface area contributed by atoms with Crippen molar-refractivity contribution in [3.05, 3.63) is 95.3 Å². The summed E-state index contributed by atoms with van der Waals surface area (Å²) in [6.45, 7) is 0.572. The van der Waals surface area contributed by atoms with Crippen molar-refractivity contribution in [2.24, 2.45) is 4.99 Å². The van der Waals surface area contributed by atoms with Crippen molar-refractivity contribution in [2.75, 3.05) is 4.90 Å². The lowest BCUT2D eigenvalue weighted by atomic mass is 10.0. The number of nitrogens with zero attached hydrogens (tertiary/aromatic N) is 3. The average molecular weight is 432 g/mol. The number of anilines is 1. The maximum atomic E-state index is 6.13. The molecule has 5 nitrogen and oxygen atoms in total. The van der Waals surface area contributed by atoms with Crippen molar-refractivity contribution in [1.82, 2.24) is 15.3 Å². The molecule has 1 aromatic heterocycles. The van der Waals surface area contributed by atoms with Crippen molar-refractivity contribution < 1.29 is 0 Å². The van der Waals surface area contributed by atoms with Crippen LogP contribution in [0.1, 0.15) is 17.2 Å². The molecule has 148 valence electrons. The summed E-state index contributed by atoms with van der Waals surface area (Å²) >= 11 is 11.8. The molecular weight excluding hydrogens is 414 g/mol. The zero-order valence-electron chi connectivity index (χ0n) is 15.9. The fraction of sp³-hybridized carbons (Fsp3) is 0.0870. The average Bonchev–Trinajstić information content (AvgIpc) is 3.37. The third kappa shape index (κ3) is 3.56. The number of hydrogen-bond donors (Lipinski definition) is 2. The first-order valence-electron chi connectivity index (χ1n) is 9.56. The molecule has 0 aliphatic carbocycles. The molecule has 0 amide bonds. The van der Waals surface area contributed by atoms with Crippen molar-refractivity contribution in [1.29, 1.82) is 0 Å². The predicted molar refractivity (Wildman–Crippen MR) is 126 cm³/mol. The van der Waals surface area contributed by atoms with Gasteiger partial charge in [-0.05, 0) is 53.7 Å². The van der Waals surface area contributed by atoms with Gasteiger partial charge in [-0.2, -0.15) is 0 Å². The summed E-state index contributed by atoms with van der Waals surface area (Å²) < 4.78 is 0. The minimum Gasteiger partial charge on any atom is -0.345 e. The SMILES string of the molecule is S=C1N/C(=N/Cc2ccccc2)C(c2ccc(Cl)cc2)N1c1ccc2[nH]cnc2c1. The first-order valence-corrected chi connectivity index (χ1v) is 10.3. The van der Waals surface area contributed by atoms with Gasteiger partial charge < -0.3 is 15.2 Å². The van der Waals surface area contributed by atoms with E-state index in [4.69, 9.17) is 28.8 Å². The molecule has 1 atom stereocenters. The van der Waals surface area contributed by atoms with Crippen LogP contribution in [0.3, 0.4) is 0 Å². The number of benzene rings is 3. The van der Waals surface area contributed by atoms with E-state index in [9.17, 15) is 0 Å². The second-order valence-electron chi connectivity index (χ2n) is 7.05. The summed E-state index contributed by atoms with van der Waals surface area (Å²) in [6, 6.07) is 23.9. The molecule has 0 spiro atoms. The lowest BCUT2D eigenvalue weighted by Gasteiger charge is -2.25. The maximum Gasteiger partial charge on any atom is 0.179 e. The van der Waals surface area contributed by atoms with Gasteiger partial charge in [0.25, 0.3) is 0 Å². The highest BCUT2D eigenvalue weighted by Gasteiger charge is 2.36. The predicted octanol–water partition coefficient (Wildman–Crippen LogP) is 5.25. The third-order valence-corrected chi connectivity index (χ3v) is 5.67. The van der Waals surface area contributed by atoms with Crippen LogP contribution in [0.5, 0.6) is 0 Å². The molecule has 1 saturated heterocycles. The third-order valence-electron chi connectivity index (χ3n) is 5.11. The summed E-state index contributed by atoms with van der Waals surface area (Å²) in [5.74, 6) is 0.813. The van der Waals surface area contributed by atoms with Crippen molar-refractivity contribution >= 4 is 51.5 Å². The molecule has 1 aliphatic rings. The Morgan fingerprint density at radius 2 is 1.83 bits per heavy atom. The van der Waals surface area contributed by atoms with Gasteiger partial charge in [0.15, 0.2) is 5.11 Å². The summed E-state index contributed by atoms with van der Waals surface area (Å²) in [5, 5.41) is 4.63. The lowest BCUT2D eigenvalue weighted by Crippen LogP contribution is -2.29. The fourth-order valence-corrected chi connectivity index (χ4v) is 4.09. The summed E-state index contributed by atoms with van der Waals surface area (Å²) in [5.41, 5.74) is 5.03. The summed E-state index contributed by atoms with van der Waals surface area (Å²) in [4.78, 5) is 14.5. The van der Waals surface area contributed by atoms with Crippen molar-refractivity contribution in [3.8, 4) is 0 Å². The van der Waals surface area contributed by atoms with Gasteiger partial charge in [-0.25, -0.2) is 4.98 Å². The van der Waals surface area contributed by atoms with E-state index >= 15 is 0 Å². The molecule has 0 saturated carbocycles. The number of fused-ring (bicyclic) bond motifs is 1. The number of aromatic nitrogens is 2. The Balaban J connectivity index is 1.57. The van der Waals surface area contributed by atoms with Crippen LogP contribution in [-0.2, 0) is 6.54 Å². The van der Waals surface area contributed by atoms with Crippen LogP contribution in [0.2, 0.25) is 5.02 Å². The number of H-pyrrole nitrogens is 1. The van der Waals surface area contributed by atoms with Gasteiger partial charge >= 0.3 is 0 Å². The molecule has 5 rings (SSSR count). The van der Waals surface area contributed by atoms with E-state index in [1.54, 1.807) is 6.33 Å². The van der Waals surface area contributed by atoms with E-state index in [1.165, 1.54) is 0 Å². The quantitative estimate of drug-likeness (QED) is 0.433. The van der Waals surface area contributed by atoms with E-state index in [-0.39, 0.29) is 6.04 Å². The molecule has 4 aromatic rings. The lowest BCUT2D eigenvalue weighted by molar-refractivity contribution is 0.927. The van der Waals surface area contributed by atoms with E-state index in [1.807, 2.05) is 60.7 Å². The largest absolute Gasteiger partial charge is 0.345 e. The fourth-order valence-electron chi connectivity index (χ4n) is 3.65. The molecule has 2 heterocycles. The van der Waals surface area contributed by atoms with Crippen LogP contribution in [0, 0.1) is 0 Å². The van der Waals surface area contributed by atoms with Gasteiger partial charge in [0.1, 0.15) is 11.9 Å². The van der Waals surface area contributed by atoms with E-state index in [0.29, 0.717) is 16.7 Å². The first kappa shape index (κ1) is 18.8. The standard InChI is InChI=1S/C23H18ClN5S/c24-17-8-6-16(7-9-17)21-22(25-13-15-4-2-1-3-5-15)28-23(30)29(21)18-10-11-19-20(12-18)27-14-26-19/h1-12,14,21H,13H2,(H,26,27)(H,25,28,30). The van der Waals surface area contributed by atoms with Crippen LogP contribution < -0.4 is 10.2 Å². The zero-order chi connectivity index (χ0) is 20.5. The number of hydrogen-bond acceptors (Lipinski definition) is 3. The van der Waals surface area contributed by atoms with E-state index < -0.39 is 0 Å². The van der Waals surface area contributed by atoms with Crippen molar-refractivity contribution in [2.45, 2.75) is 12.6 Å². The van der Waals surface area contributed by atoms with E-state index in [2.05, 4.69) is 32.3 Å². The summed E-state index contributed by atoms with van der Waals surface area (Å²) in [7, 11) is 0. The second kappa shape index (κ2) is 7.89. The Morgan fingerprint density at radius 3 is 2.63 bits per heavy atom. The van der Waals surface area contributed by atoms with Gasteiger partial charge in [-0.1, -0.05) is 54.1 Å². The second-order valence-corrected chi connectivity index (χ2v) is 7.87. The molecule has 30 heavy (non-hydrogen) atoms. The Bertz CT molecular complexity index is 1230. The number of amidine groups is 1. The van der Waals surface area contributed by atoms with Crippen LogP contribution >= 0.6 is 23.8 Å². The zero-order valence-corrected chi connectivity index (χ0v) is 17.5. The number of aliphatic imine (C=N–C) groups is 1. The first-order chi connectivity index (χ1) is 14.7. The number of halogens is 1. The molecule has 0 bridgehead atoms. The van der Waals surface area contributed by atoms with Crippen molar-refractivity contribution in [3.63, 3.8) is 0 Å². The number of thiocarbonyl (C=S) groups is 1. The molecule has 7 heteroatoms.